The first kappa shape index (κ1) is 18.8. The first-order chi connectivity index (χ1) is 11.2. The molecule has 1 amide bonds. The second-order valence-corrected chi connectivity index (χ2v) is 8.01. The van der Waals surface area contributed by atoms with Crippen molar-refractivity contribution in [2.45, 2.75) is 77.5 Å². The smallest absolute Gasteiger partial charge is 0.408 e. The highest BCUT2D eigenvalue weighted by Gasteiger charge is 2.39. The zero-order valence-electron chi connectivity index (χ0n) is 15.7. The van der Waals surface area contributed by atoms with Crippen LogP contribution in [0.25, 0.3) is 0 Å². The van der Waals surface area contributed by atoms with E-state index >= 15 is 0 Å². The Balaban J connectivity index is 1.94. The van der Waals surface area contributed by atoms with Gasteiger partial charge in [-0.1, -0.05) is 36.8 Å². The average Bonchev–Trinajstić information content (AvgIpc) is 2.44. The van der Waals surface area contributed by atoms with Crippen molar-refractivity contribution >= 4 is 6.09 Å². The fraction of sp³-hybridized carbons (Fsp3) is 0.650. The Morgan fingerprint density at radius 1 is 1.25 bits per heavy atom. The molecule has 0 heterocycles. The van der Waals surface area contributed by atoms with Crippen LogP contribution < -0.4 is 10.6 Å². The van der Waals surface area contributed by atoms with Gasteiger partial charge in [0.15, 0.2) is 0 Å². The molecule has 1 atom stereocenters. The summed E-state index contributed by atoms with van der Waals surface area (Å²) in [5, 5.41) is 6.75. The van der Waals surface area contributed by atoms with E-state index in [4.69, 9.17) is 4.74 Å². The van der Waals surface area contributed by atoms with E-state index in [1.54, 1.807) is 0 Å². The van der Waals surface area contributed by atoms with Crippen LogP contribution in [-0.2, 0) is 4.74 Å². The molecule has 2 rings (SSSR count). The number of amides is 1. The van der Waals surface area contributed by atoms with E-state index in [2.05, 4.69) is 48.7 Å². The Labute approximate surface area is 146 Å². The monoisotopic (exact) mass is 332 g/mol. The van der Waals surface area contributed by atoms with E-state index in [1.807, 2.05) is 20.8 Å². The van der Waals surface area contributed by atoms with Gasteiger partial charge in [-0.25, -0.2) is 4.79 Å². The average molecular weight is 332 g/mol. The topological polar surface area (TPSA) is 50.4 Å². The van der Waals surface area contributed by atoms with Crippen molar-refractivity contribution in [1.82, 2.24) is 10.6 Å². The van der Waals surface area contributed by atoms with E-state index < -0.39 is 5.60 Å². The van der Waals surface area contributed by atoms with E-state index in [-0.39, 0.29) is 11.6 Å². The molecule has 2 N–H and O–H groups in total. The number of alkyl carbamates (subject to hydrolysis) is 1. The summed E-state index contributed by atoms with van der Waals surface area (Å²) >= 11 is 0. The quantitative estimate of drug-likeness (QED) is 0.807. The van der Waals surface area contributed by atoms with Gasteiger partial charge in [0.05, 0.1) is 5.54 Å². The van der Waals surface area contributed by atoms with E-state index in [0.717, 1.165) is 32.2 Å². The summed E-state index contributed by atoms with van der Waals surface area (Å²) in [5.74, 6) is 0. The third kappa shape index (κ3) is 5.23. The van der Waals surface area contributed by atoms with Crippen LogP contribution in [0.4, 0.5) is 4.79 Å². The van der Waals surface area contributed by atoms with Crippen LogP contribution in [0.5, 0.6) is 0 Å². The molecule has 0 saturated heterocycles. The maximum Gasteiger partial charge on any atom is 0.408 e. The minimum Gasteiger partial charge on any atom is -0.444 e. The molecule has 4 nitrogen and oxygen atoms in total. The third-order valence-corrected chi connectivity index (χ3v) is 4.65. The molecule has 4 heteroatoms. The Kier molecular flexibility index (Phi) is 5.92. The lowest BCUT2D eigenvalue weighted by Gasteiger charge is -2.43. The normalized spacial score (nSPS) is 17.7. The number of ether oxygens (including phenoxy) is 1. The van der Waals surface area contributed by atoms with Gasteiger partial charge in [0.25, 0.3) is 0 Å². The van der Waals surface area contributed by atoms with Crippen LogP contribution in [0.3, 0.4) is 0 Å². The standard InChI is InChI=1S/C20H32N2O2/c1-6-17(16-10-8-15(2)9-11-16)21-14-20(12-7-13-20)22-18(23)24-19(3,4)5/h8-11,17,21H,6-7,12-14H2,1-5H3,(H,22,23). The van der Waals surface area contributed by atoms with Crippen molar-refractivity contribution in [3.63, 3.8) is 0 Å². The fourth-order valence-electron chi connectivity index (χ4n) is 3.08. The molecule has 24 heavy (non-hydrogen) atoms. The molecule has 0 radical (unpaired) electrons. The lowest BCUT2D eigenvalue weighted by atomic mass is 9.76. The lowest BCUT2D eigenvalue weighted by molar-refractivity contribution is 0.0378. The fourth-order valence-corrected chi connectivity index (χ4v) is 3.08. The second kappa shape index (κ2) is 7.56. The van der Waals surface area contributed by atoms with E-state index in [1.165, 1.54) is 11.1 Å². The third-order valence-electron chi connectivity index (χ3n) is 4.65. The molecular formula is C20H32N2O2. The summed E-state index contributed by atoms with van der Waals surface area (Å²) in [4.78, 5) is 12.1. The van der Waals surface area contributed by atoms with Crippen molar-refractivity contribution in [2.24, 2.45) is 0 Å². The largest absolute Gasteiger partial charge is 0.444 e. The minimum atomic E-state index is -0.462. The summed E-state index contributed by atoms with van der Waals surface area (Å²) in [6, 6.07) is 8.98. The van der Waals surface area contributed by atoms with Crippen LogP contribution in [0.15, 0.2) is 24.3 Å². The van der Waals surface area contributed by atoms with Gasteiger partial charge in [-0.15, -0.1) is 0 Å². The van der Waals surface area contributed by atoms with Crippen molar-refractivity contribution < 1.29 is 9.53 Å². The van der Waals surface area contributed by atoms with Crippen LogP contribution in [0.1, 0.15) is 70.5 Å². The number of nitrogens with one attached hydrogen (secondary N) is 2. The Bertz CT molecular complexity index is 542. The van der Waals surface area contributed by atoms with Crippen molar-refractivity contribution in [1.29, 1.82) is 0 Å². The SMILES string of the molecule is CCC(NCC1(NC(=O)OC(C)(C)C)CCC1)c1ccc(C)cc1. The zero-order chi connectivity index (χ0) is 17.8. The number of hydrogen-bond donors (Lipinski definition) is 2. The number of carbonyl (C=O) groups is 1. The van der Waals surface area contributed by atoms with Gasteiger partial charge in [-0.3, -0.25) is 0 Å². The highest BCUT2D eigenvalue weighted by molar-refractivity contribution is 5.69. The Hall–Kier alpha value is -1.55. The highest BCUT2D eigenvalue weighted by Crippen LogP contribution is 2.32. The predicted molar refractivity (Wildman–Crippen MR) is 98.2 cm³/mol. The van der Waals surface area contributed by atoms with Crippen LogP contribution in [-0.4, -0.2) is 23.8 Å². The molecule has 1 aromatic carbocycles. The maximum absolute atomic E-state index is 12.1. The summed E-state index contributed by atoms with van der Waals surface area (Å²) in [6.45, 7) is 10.7. The molecular weight excluding hydrogens is 300 g/mol. The van der Waals surface area contributed by atoms with Crippen LogP contribution in [0.2, 0.25) is 0 Å². The predicted octanol–water partition coefficient (Wildman–Crippen LogP) is 4.48. The zero-order valence-corrected chi connectivity index (χ0v) is 15.7. The van der Waals surface area contributed by atoms with Crippen molar-refractivity contribution in [3.8, 4) is 0 Å². The number of hydrogen-bond acceptors (Lipinski definition) is 3. The molecule has 0 aliphatic heterocycles. The lowest BCUT2D eigenvalue weighted by Crippen LogP contribution is -2.60. The number of aryl methyl sites for hydroxylation is 1. The van der Waals surface area contributed by atoms with Gasteiger partial charge in [0.2, 0.25) is 0 Å². The minimum absolute atomic E-state index is 0.166. The molecule has 0 aromatic heterocycles. The first-order valence-corrected chi connectivity index (χ1v) is 9.04. The number of rotatable bonds is 6. The molecule has 1 aromatic rings. The van der Waals surface area contributed by atoms with Crippen molar-refractivity contribution in [3.05, 3.63) is 35.4 Å². The van der Waals surface area contributed by atoms with E-state index in [0.29, 0.717) is 6.04 Å². The molecule has 0 spiro atoms. The van der Waals surface area contributed by atoms with Crippen LogP contribution >= 0.6 is 0 Å². The Morgan fingerprint density at radius 2 is 1.88 bits per heavy atom. The molecule has 1 aliphatic rings. The molecule has 1 fully saturated rings. The number of carbonyl (C=O) groups excluding carboxylic acids is 1. The van der Waals surface area contributed by atoms with Gasteiger partial charge in [-0.05, 0) is 58.9 Å². The molecule has 1 saturated carbocycles. The highest BCUT2D eigenvalue weighted by atomic mass is 16.6. The van der Waals surface area contributed by atoms with Gasteiger partial charge in [-0.2, -0.15) is 0 Å². The molecule has 134 valence electrons. The Morgan fingerprint density at radius 3 is 2.33 bits per heavy atom. The first-order valence-electron chi connectivity index (χ1n) is 9.04. The molecule has 0 bridgehead atoms. The maximum atomic E-state index is 12.1. The summed E-state index contributed by atoms with van der Waals surface area (Å²) in [6.07, 6.45) is 3.87. The van der Waals surface area contributed by atoms with Gasteiger partial charge in [0.1, 0.15) is 5.60 Å². The summed E-state index contributed by atoms with van der Waals surface area (Å²) < 4.78 is 5.42. The van der Waals surface area contributed by atoms with Gasteiger partial charge in [0, 0.05) is 12.6 Å². The summed E-state index contributed by atoms with van der Waals surface area (Å²) in [5.41, 5.74) is 1.95. The van der Waals surface area contributed by atoms with Gasteiger partial charge >= 0.3 is 6.09 Å². The van der Waals surface area contributed by atoms with Gasteiger partial charge < -0.3 is 15.4 Å². The molecule has 1 aliphatic carbocycles. The number of benzene rings is 1. The van der Waals surface area contributed by atoms with Crippen LogP contribution in [0, 0.1) is 6.92 Å². The second-order valence-electron chi connectivity index (χ2n) is 8.01. The van der Waals surface area contributed by atoms with E-state index in [9.17, 15) is 4.79 Å². The molecule has 1 unspecified atom stereocenters. The summed E-state index contributed by atoms with van der Waals surface area (Å²) in [7, 11) is 0. The van der Waals surface area contributed by atoms with Crippen molar-refractivity contribution in [2.75, 3.05) is 6.54 Å².